The quantitative estimate of drug-likeness (QED) is 0.878. The number of amides is 1. The van der Waals surface area contributed by atoms with Gasteiger partial charge in [0, 0.05) is 12.6 Å². The number of rotatable bonds is 6. The number of likely N-dealkylation sites (N-methyl/N-ethyl adjacent to an activating group) is 1. The zero-order chi connectivity index (χ0) is 17.9. The topological polar surface area (TPSA) is 59.4 Å². The van der Waals surface area contributed by atoms with Crippen molar-refractivity contribution in [3.05, 3.63) is 47.8 Å². The van der Waals surface area contributed by atoms with Gasteiger partial charge in [-0.3, -0.25) is 9.69 Å². The van der Waals surface area contributed by atoms with E-state index in [4.69, 9.17) is 4.74 Å². The SMILES string of the molecule is COc1ccc(F)cc1[C@H](C)NC(=O)[C@H](c1cncn1C)N(C)C. The molecule has 0 unspecified atom stereocenters. The lowest BCUT2D eigenvalue weighted by Gasteiger charge is -2.26. The van der Waals surface area contributed by atoms with Crippen LogP contribution in [-0.2, 0) is 11.8 Å². The van der Waals surface area contributed by atoms with E-state index in [0.29, 0.717) is 11.3 Å². The first-order chi connectivity index (χ1) is 11.3. The molecule has 2 atom stereocenters. The second-order valence-electron chi connectivity index (χ2n) is 5.91. The zero-order valence-corrected chi connectivity index (χ0v) is 14.6. The first kappa shape index (κ1) is 17.9. The summed E-state index contributed by atoms with van der Waals surface area (Å²) in [6, 6.07) is 3.35. The van der Waals surface area contributed by atoms with E-state index < -0.39 is 12.1 Å². The molecule has 0 radical (unpaired) electrons. The Hall–Kier alpha value is -2.41. The summed E-state index contributed by atoms with van der Waals surface area (Å²) in [4.78, 5) is 18.7. The molecule has 2 aromatic rings. The van der Waals surface area contributed by atoms with Crippen LogP contribution in [0.5, 0.6) is 5.75 Å². The summed E-state index contributed by atoms with van der Waals surface area (Å²) in [5.74, 6) is -0.0313. The van der Waals surface area contributed by atoms with Crippen molar-refractivity contribution in [2.24, 2.45) is 7.05 Å². The molecule has 0 saturated heterocycles. The molecule has 0 aliphatic rings. The van der Waals surface area contributed by atoms with Gasteiger partial charge in [-0.25, -0.2) is 9.37 Å². The molecule has 0 aliphatic carbocycles. The second-order valence-corrected chi connectivity index (χ2v) is 5.91. The Morgan fingerprint density at radius 3 is 2.67 bits per heavy atom. The molecule has 0 aliphatic heterocycles. The number of nitrogens with one attached hydrogen (secondary N) is 1. The van der Waals surface area contributed by atoms with Crippen molar-refractivity contribution < 1.29 is 13.9 Å². The lowest BCUT2D eigenvalue weighted by atomic mass is 10.1. The molecule has 1 amide bonds. The predicted octanol–water partition coefficient (Wildman–Crippen LogP) is 2.05. The molecule has 24 heavy (non-hydrogen) atoms. The van der Waals surface area contributed by atoms with Crippen LogP contribution < -0.4 is 10.1 Å². The minimum Gasteiger partial charge on any atom is -0.496 e. The van der Waals surface area contributed by atoms with Crippen molar-refractivity contribution in [2.45, 2.75) is 19.0 Å². The van der Waals surface area contributed by atoms with Gasteiger partial charge in [0.15, 0.2) is 0 Å². The lowest BCUT2D eigenvalue weighted by Crippen LogP contribution is -2.39. The summed E-state index contributed by atoms with van der Waals surface area (Å²) in [6.45, 7) is 1.80. The van der Waals surface area contributed by atoms with Gasteiger partial charge in [0.1, 0.15) is 17.6 Å². The van der Waals surface area contributed by atoms with Gasteiger partial charge in [0.25, 0.3) is 0 Å². The molecule has 1 heterocycles. The molecule has 0 fully saturated rings. The number of carbonyl (C=O) groups is 1. The Labute approximate surface area is 141 Å². The second kappa shape index (κ2) is 7.44. The van der Waals surface area contributed by atoms with Gasteiger partial charge in [-0.1, -0.05) is 0 Å². The number of halogens is 1. The highest BCUT2D eigenvalue weighted by Crippen LogP contribution is 2.27. The number of imidazole rings is 1. The Morgan fingerprint density at radius 2 is 2.12 bits per heavy atom. The van der Waals surface area contributed by atoms with Crippen molar-refractivity contribution in [1.82, 2.24) is 19.8 Å². The normalized spacial score (nSPS) is 13.6. The Morgan fingerprint density at radius 1 is 1.42 bits per heavy atom. The van der Waals surface area contributed by atoms with Gasteiger partial charge in [0.05, 0.1) is 31.4 Å². The minimum atomic E-state index is -0.500. The maximum Gasteiger partial charge on any atom is 0.244 e. The molecule has 1 aromatic carbocycles. The highest BCUT2D eigenvalue weighted by atomic mass is 19.1. The molecule has 1 N–H and O–H groups in total. The van der Waals surface area contributed by atoms with Crippen molar-refractivity contribution in [3.63, 3.8) is 0 Å². The van der Waals surface area contributed by atoms with E-state index in [9.17, 15) is 9.18 Å². The van der Waals surface area contributed by atoms with E-state index in [1.807, 2.05) is 26.0 Å². The van der Waals surface area contributed by atoms with E-state index in [1.165, 1.54) is 19.2 Å². The van der Waals surface area contributed by atoms with Gasteiger partial charge in [0.2, 0.25) is 5.91 Å². The number of aromatic nitrogens is 2. The van der Waals surface area contributed by atoms with Gasteiger partial charge < -0.3 is 14.6 Å². The minimum absolute atomic E-state index is 0.192. The molecule has 1 aromatic heterocycles. The van der Waals surface area contributed by atoms with E-state index in [0.717, 1.165) is 5.69 Å². The number of nitrogens with zero attached hydrogens (tertiary/aromatic N) is 3. The molecule has 0 spiro atoms. The zero-order valence-electron chi connectivity index (χ0n) is 14.6. The van der Waals surface area contributed by atoms with Crippen LogP contribution in [0.3, 0.4) is 0 Å². The first-order valence-electron chi connectivity index (χ1n) is 7.61. The van der Waals surface area contributed by atoms with Crippen LogP contribution in [0.15, 0.2) is 30.7 Å². The van der Waals surface area contributed by atoms with E-state index >= 15 is 0 Å². The third kappa shape index (κ3) is 3.73. The highest BCUT2D eigenvalue weighted by Gasteiger charge is 2.27. The highest BCUT2D eigenvalue weighted by molar-refractivity contribution is 5.83. The van der Waals surface area contributed by atoms with Crippen LogP contribution in [0.4, 0.5) is 4.39 Å². The predicted molar refractivity (Wildman–Crippen MR) is 89.1 cm³/mol. The maximum atomic E-state index is 13.6. The monoisotopic (exact) mass is 334 g/mol. The third-order valence-electron chi connectivity index (χ3n) is 3.92. The maximum absolute atomic E-state index is 13.6. The summed E-state index contributed by atoms with van der Waals surface area (Å²) in [5, 5.41) is 2.93. The number of methoxy groups -OCH3 is 1. The summed E-state index contributed by atoms with van der Waals surface area (Å²) < 4.78 is 20.6. The van der Waals surface area contributed by atoms with E-state index in [1.54, 1.807) is 30.1 Å². The number of aryl methyl sites for hydroxylation is 1. The fourth-order valence-corrected chi connectivity index (χ4v) is 2.68. The largest absolute Gasteiger partial charge is 0.496 e. The smallest absolute Gasteiger partial charge is 0.244 e. The summed E-state index contributed by atoms with van der Waals surface area (Å²) in [6.07, 6.45) is 3.32. The molecule has 7 heteroatoms. The van der Waals surface area contributed by atoms with Crippen LogP contribution in [-0.4, -0.2) is 41.6 Å². The van der Waals surface area contributed by atoms with Crippen LogP contribution in [0, 0.1) is 5.82 Å². The Balaban J connectivity index is 2.24. The molecule has 0 bridgehead atoms. The molecule has 130 valence electrons. The van der Waals surface area contributed by atoms with Crippen LogP contribution in [0.1, 0.15) is 30.3 Å². The van der Waals surface area contributed by atoms with Crippen LogP contribution in [0.2, 0.25) is 0 Å². The van der Waals surface area contributed by atoms with E-state index in [2.05, 4.69) is 10.3 Å². The third-order valence-corrected chi connectivity index (χ3v) is 3.92. The number of hydrogen-bond donors (Lipinski definition) is 1. The van der Waals surface area contributed by atoms with Crippen molar-refractivity contribution in [1.29, 1.82) is 0 Å². The molecule has 6 nitrogen and oxygen atoms in total. The Kier molecular flexibility index (Phi) is 5.56. The van der Waals surface area contributed by atoms with Crippen molar-refractivity contribution in [2.75, 3.05) is 21.2 Å². The van der Waals surface area contributed by atoms with Gasteiger partial charge in [-0.15, -0.1) is 0 Å². The lowest BCUT2D eigenvalue weighted by molar-refractivity contribution is -0.126. The Bertz CT molecular complexity index is 714. The molecule has 2 rings (SSSR count). The number of carbonyl (C=O) groups excluding carboxylic acids is 1. The summed E-state index contributed by atoms with van der Waals surface area (Å²) in [7, 11) is 7.00. The number of benzene rings is 1. The number of ether oxygens (including phenoxy) is 1. The average Bonchev–Trinajstić information content (AvgIpc) is 2.93. The molecular weight excluding hydrogens is 311 g/mol. The van der Waals surface area contributed by atoms with Gasteiger partial charge >= 0.3 is 0 Å². The van der Waals surface area contributed by atoms with Crippen LogP contribution >= 0.6 is 0 Å². The molecule has 0 saturated carbocycles. The fraction of sp³-hybridized carbons (Fsp3) is 0.412. The summed E-state index contributed by atoms with van der Waals surface area (Å²) >= 11 is 0. The fourth-order valence-electron chi connectivity index (χ4n) is 2.68. The standard InChI is InChI=1S/C17H23FN4O2/c1-11(13-8-12(18)6-7-15(13)24-5)20-17(23)16(21(2)3)14-9-19-10-22(14)4/h6-11,16H,1-5H3,(H,20,23)/t11-,16-/m0/s1. The van der Waals surface area contributed by atoms with Crippen molar-refractivity contribution in [3.8, 4) is 5.75 Å². The molecular formula is C17H23FN4O2. The van der Waals surface area contributed by atoms with Gasteiger partial charge in [-0.2, -0.15) is 0 Å². The van der Waals surface area contributed by atoms with Crippen LogP contribution in [0.25, 0.3) is 0 Å². The van der Waals surface area contributed by atoms with Gasteiger partial charge in [-0.05, 0) is 39.2 Å². The van der Waals surface area contributed by atoms with E-state index in [-0.39, 0.29) is 11.7 Å². The summed E-state index contributed by atoms with van der Waals surface area (Å²) in [5.41, 5.74) is 1.37. The average molecular weight is 334 g/mol. The van der Waals surface area contributed by atoms with Crippen molar-refractivity contribution >= 4 is 5.91 Å². The first-order valence-corrected chi connectivity index (χ1v) is 7.61. The number of hydrogen-bond acceptors (Lipinski definition) is 4.